The molecule has 8 aromatic carbocycles. The fourth-order valence-corrected chi connectivity index (χ4v) is 6.82. The zero-order valence-electron chi connectivity index (χ0n) is 25.1. The molecule has 0 N–H and O–H groups in total. The second kappa shape index (κ2) is 10.8. The molecule has 216 valence electrons. The van der Waals surface area contributed by atoms with Crippen molar-refractivity contribution >= 4 is 60.5 Å². The van der Waals surface area contributed by atoms with Crippen molar-refractivity contribution in [1.29, 1.82) is 0 Å². The first-order valence-corrected chi connectivity index (χ1v) is 15.7. The van der Waals surface area contributed by atoms with Gasteiger partial charge in [-0.05, 0) is 86.8 Å². The third kappa shape index (κ3) is 4.43. The maximum Gasteiger partial charge on any atom is 0.136 e. The minimum atomic E-state index is 0.894. The fraction of sp³-hybridized carbons (Fsp3) is 0. The van der Waals surface area contributed by atoms with Gasteiger partial charge < -0.3 is 9.32 Å². The van der Waals surface area contributed by atoms with Crippen LogP contribution in [0.5, 0.6) is 0 Å². The monoisotopic (exact) mass is 587 g/mol. The summed E-state index contributed by atoms with van der Waals surface area (Å²) >= 11 is 0. The van der Waals surface area contributed by atoms with Gasteiger partial charge >= 0.3 is 0 Å². The molecule has 0 atom stereocenters. The molecular formula is C44H29NO. The van der Waals surface area contributed by atoms with Crippen LogP contribution in [0, 0.1) is 0 Å². The minimum absolute atomic E-state index is 0.894. The first-order chi connectivity index (χ1) is 22.8. The van der Waals surface area contributed by atoms with Crippen molar-refractivity contribution < 1.29 is 4.42 Å². The highest BCUT2D eigenvalue weighted by molar-refractivity contribution is 6.06. The normalized spacial score (nSPS) is 11.5. The molecule has 2 heteroatoms. The summed E-state index contributed by atoms with van der Waals surface area (Å²) in [5.74, 6) is 0. The maximum atomic E-state index is 6.30. The smallest absolute Gasteiger partial charge is 0.136 e. The maximum absolute atomic E-state index is 6.30. The van der Waals surface area contributed by atoms with Crippen LogP contribution in [-0.4, -0.2) is 0 Å². The van der Waals surface area contributed by atoms with E-state index < -0.39 is 0 Å². The molecule has 0 fully saturated rings. The van der Waals surface area contributed by atoms with E-state index in [1.54, 1.807) is 0 Å². The highest BCUT2D eigenvalue weighted by Crippen LogP contribution is 2.43. The molecule has 0 aliphatic heterocycles. The van der Waals surface area contributed by atoms with Crippen molar-refractivity contribution in [2.75, 3.05) is 4.90 Å². The van der Waals surface area contributed by atoms with Gasteiger partial charge in [0.25, 0.3) is 0 Å². The van der Waals surface area contributed by atoms with E-state index in [1.807, 2.05) is 12.1 Å². The number of anilines is 3. The molecule has 0 spiro atoms. The Labute approximate surface area is 267 Å². The van der Waals surface area contributed by atoms with Crippen LogP contribution in [0.25, 0.3) is 65.7 Å². The molecule has 9 rings (SSSR count). The van der Waals surface area contributed by atoms with Crippen molar-refractivity contribution in [1.82, 2.24) is 0 Å². The van der Waals surface area contributed by atoms with Gasteiger partial charge in [-0.1, -0.05) is 127 Å². The van der Waals surface area contributed by atoms with Crippen LogP contribution < -0.4 is 4.90 Å². The van der Waals surface area contributed by atoms with Crippen LogP contribution in [0.15, 0.2) is 180 Å². The number of hydrogen-bond donors (Lipinski definition) is 0. The topological polar surface area (TPSA) is 16.4 Å². The number of fused-ring (bicyclic) bond motifs is 5. The van der Waals surface area contributed by atoms with Crippen LogP contribution in [0.1, 0.15) is 0 Å². The number of para-hydroxylation sites is 2. The fourth-order valence-electron chi connectivity index (χ4n) is 6.82. The van der Waals surface area contributed by atoms with Gasteiger partial charge in [0.05, 0.1) is 5.69 Å². The first-order valence-electron chi connectivity index (χ1n) is 15.7. The van der Waals surface area contributed by atoms with E-state index in [0.29, 0.717) is 0 Å². The zero-order chi connectivity index (χ0) is 30.5. The second-order valence-corrected chi connectivity index (χ2v) is 11.8. The van der Waals surface area contributed by atoms with E-state index in [1.165, 1.54) is 32.7 Å². The molecule has 0 saturated carbocycles. The molecule has 1 aromatic heterocycles. The van der Waals surface area contributed by atoms with Crippen molar-refractivity contribution in [2.24, 2.45) is 0 Å². The Kier molecular flexibility index (Phi) is 6.17. The van der Waals surface area contributed by atoms with Crippen molar-refractivity contribution in [3.8, 4) is 22.3 Å². The van der Waals surface area contributed by atoms with E-state index in [4.69, 9.17) is 4.42 Å². The summed E-state index contributed by atoms with van der Waals surface area (Å²) in [7, 11) is 0. The molecule has 0 saturated heterocycles. The van der Waals surface area contributed by atoms with Gasteiger partial charge in [0.1, 0.15) is 11.2 Å². The van der Waals surface area contributed by atoms with Gasteiger partial charge in [-0.15, -0.1) is 0 Å². The number of hydrogen-bond acceptors (Lipinski definition) is 2. The van der Waals surface area contributed by atoms with Gasteiger partial charge in [-0.3, -0.25) is 0 Å². The van der Waals surface area contributed by atoms with Gasteiger partial charge in [-0.2, -0.15) is 0 Å². The van der Waals surface area contributed by atoms with Crippen LogP contribution in [-0.2, 0) is 0 Å². The van der Waals surface area contributed by atoms with E-state index in [0.717, 1.165) is 50.1 Å². The predicted molar refractivity (Wildman–Crippen MR) is 194 cm³/mol. The Morgan fingerprint density at radius 1 is 0.348 bits per heavy atom. The van der Waals surface area contributed by atoms with Gasteiger partial charge in [0, 0.05) is 27.7 Å². The molecule has 0 amide bonds. The SMILES string of the molecule is c1ccc(N(c2ccc(-c3cccc4ccccc34)cc2)c2ccc3ccccc3c2)c(-c2ccc3c(c2)oc2ccccc23)c1. The molecule has 0 unspecified atom stereocenters. The lowest BCUT2D eigenvalue weighted by Crippen LogP contribution is -2.11. The molecule has 46 heavy (non-hydrogen) atoms. The summed E-state index contributed by atoms with van der Waals surface area (Å²) in [5.41, 5.74) is 9.79. The Balaban J connectivity index is 1.21. The van der Waals surface area contributed by atoms with E-state index in [9.17, 15) is 0 Å². The number of nitrogens with zero attached hydrogens (tertiary/aromatic N) is 1. The Hall–Kier alpha value is -6.12. The summed E-state index contributed by atoms with van der Waals surface area (Å²) in [4.78, 5) is 2.37. The van der Waals surface area contributed by atoms with Gasteiger partial charge in [0.15, 0.2) is 0 Å². The van der Waals surface area contributed by atoms with Crippen molar-refractivity contribution in [3.05, 3.63) is 176 Å². The van der Waals surface area contributed by atoms with Crippen LogP contribution in [0.2, 0.25) is 0 Å². The third-order valence-electron chi connectivity index (χ3n) is 9.05. The van der Waals surface area contributed by atoms with Gasteiger partial charge in [0.2, 0.25) is 0 Å². The Bertz CT molecular complexity index is 2530. The van der Waals surface area contributed by atoms with Crippen LogP contribution >= 0.6 is 0 Å². The lowest BCUT2D eigenvalue weighted by Gasteiger charge is -2.28. The average molecular weight is 588 g/mol. The number of benzene rings is 8. The second-order valence-electron chi connectivity index (χ2n) is 11.8. The van der Waals surface area contributed by atoms with E-state index in [2.05, 4.69) is 169 Å². The highest BCUT2D eigenvalue weighted by Gasteiger charge is 2.19. The first kappa shape index (κ1) is 26.3. The van der Waals surface area contributed by atoms with Crippen molar-refractivity contribution in [3.63, 3.8) is 0 Å². The molecule has 1 heterocycles. The average Bonchev–Trinajstić information content (AvgIpc) is 3.50. The molecule has 9 aromatic rings. The summed E-state index contributed by atoms with van der Waals surface area (Å²) in [6.45, 7) is 0. The highest BCUT2D eigenvalue weighted by atomic mass is 16.3. The Morgan fingerprint density at radius 3 is 1.87 bits per heavy atom. The van der Waals surface area contributed by atoms with E-state index >= 15 is 0 Å². The largest absolute Gasteiger partial charge is 0.456 e. The molecule has 2 nitrogen and oxygen atoms in total. The van der Waals surface area contributed by atoms with Gasteiger partial charge in [-0.25, -0.2) is 0 Å². The third-order valence-corrected chi connectivity index (χ3v) is 9.05. The Morgan fingerprint density at radius 2 is 0.978 bits per heavy atom. The standard InChI is InChI=1S/C44H29NO/c1-2-12-33-28-36(26-20-30(33)10-1)45(35-24-21-32(22-25-35)38-17-9-13-31-11-3-4-14-37(31)38)42-18-7-5-15-39(42)34-23-27-41-40-16-6-8-19-43(40)46-44(41)29-34/h1-29H. The quantitative estimate of drug-likeness (QED) is 0.199. The number of furan rings is 1. The van der Waals surface area contributed by atoms with Crippen molar-refractivity contribution in [2.45, 2.75) is 0 Å². The predicted octanol–water partition coefficient (Wildman–Crippen LogP) is 12.7. The summed E-state index contributed by atoms with van der Waals surface area (Å²) in [6, 6.07) is 62.8. The molecular weight excluding hydrogens is 558 g/mol. The molecule has 0 bridgehead atoms. The minimum Gasteiger partial charge on any atom is -0.456 e. The van der Waals surface area contributed by atoms with Crippen LogP contribution in [0.4, 0.5) is 17.1 Å². The molecule has 0 aliphatic rings. The summed E-state index contributed by atoms with van der Waals surface area (Å²) in [5, 5.41) is 7.21. The zero-order valence-corrected chi connectivity index (χ0v) is 25.1. The molecule has 0 radical (unpaired) electrons. The lowest BCUT2D eigenvalue weighted by atomic mass is 9.97. The van der Waals surface area contributed by atoms with Crippen LogP contribution in [0.3, 0.4) is 0 Å². The number of rotatable bonds is 5. The van der Waals surface area contributed by atoms with E-state index in [-0.39, 0.29) is 0 Å². The lowest BCUT2D eigenvalue weighted by molar-refractivity contribution is 0.669. The summed E-state index contributed by atoms with van der Waals surface area (Å²) in [6.07, 6.45) is 0. The summed E-state index contributed by atoms with van der Waals surface area (Å²) < 4.78 is 6.30. The molecule has 0 aliphatic carbocycles.